The molecule has 1 rings (SSSR count). The summed E-state index contributed by atoms with van der Waals surface area (Å²) in [5.41, 5.74) is 0.381. The molecule has 4 nitrogen and oxygen atoms in total. The molecule has 0 aliphatic rings. The summed E-state index contributed by atoms with van der Waals surface area (Å²) < 4.78 is 13.5. The van der Waals surface area contributed by atoms with Crippen molar-refractivity contribution >= 4 is 11.9 Å². The van der Waals surface area contributed by atoms with Gasteiger partial charge in [0.15, 0.2) is 0 Å². The van der Waals surface area contributed by atoms with Gasteiger partial charge in [-0.1, -0.05) is 32.0 Å². The molecule has 1 amide bonds. The normalized spacial score (nSPS) is 15.4. The molecule has 1 aromatic rings. The molecule has 2 N–H and O–H groups in total. The number of hydrogen-bond donors (Lipinski definition) is 2. The second kappa shape index (κ2) is 6.31. The molecule has 0 heterocycles. The highest BCUT2D eigenvalue weighted by Gasteiger charge is 2.27. The SMILES string of the molecule is CC(C(=O)O)C(C)C(=O)N[C@@H](C)c1ccccc1F. The van der Waals surface area contributed by atoms with Crippen molar-refractivity contribution in [1.29, 1.82) is 0 Å². The van der Waals surface area contributed by atoms with Crippen molar-refractivity contribution in [3.63, 3.8) is 0 Å². The van der Waals surface area contributed by atoms with Crippen molar-refractivity contribution < 1.29 is 19.1 Å². The van der Waals surface area contributed by atoms with E-state index >= 15 is 0 Å². The predicted octanol–water partition coefficient (Wildman–Crippen LogP) is 2.36. The van der Waals surface area contributed by atoms with E-state index in [-0.39, 0.29) is 0 Å². The summed E-state index contributed by atoms with van der Waals surface area (Å²) in [4.78, 5) is 22.7. The van der Waals surface area contributed by atoms with Gasteiger partial charge in [0.1, 0.15) is 5.82 Å². The zero-order chi connectivity index (χ0) is 14.6. The van der Waals surface area contributed by atoms with Crippen LogP contribution < -0.4 is 5.32 Å². The van der Waals surface area contributed by atoms with Gasteiger partial charge in [-0.25, -0.2) is 4.39 Å². The lowest BCUT2D eigenvalue weighted by molar-refractivity contribution is -0.146. The molecule has 104 valence electrons. The van der Waals surface area contributed by atoms with Crippen molar-refractivity contribution in [2.24, 2.45) is 11.8 Å². The zero-order valence-electron chi connectivity index (χ0n) is 11.2. The first-order chi connectivity index (χ1) is 8.84. The first-order valence-electron chi connectivity index (χ1n) is 6.12. The van der Waals surface area contributed by atoms with E-state index < -0.39 is 35.6 Å². The summed E-state index contributed by atoms with van der Waals surface area (Å²) >= 11 is 0. The molecule has 19 heavy (non-hydrogen) atoms. The second-order valence-corrected chi connectivity index (χ2v) is 4.67. The number of benzene rings is 1. The molecule has 0 spiro atoms. The Hall–Kier alpha value is -1.91. The summed E-state index contributed by atoms with van der Waals surface area (Å²) in [6.45, 7) is 4.68. The highest BCUT2D eigenvalue weighted by Crippen LogP contribution is 2.18. The Morgan fingerprint density at radius 3 is 2.26 bits per heavy atom. The second-order valence-electron chi connectivity index (χ2n) is 4.67. The molecule has 0 bridgehead atoms. The Kier molecular flexibility index (Phi) is 5.03. The minimum Gasteiger partial charge on any atom is -0.481 e. The van der Waals surface area contributed by atoms with E-state index in [4.69, 9.17) is 5.11 Å². The van der Waals surface area contributed by atoms with Crippen LogP contribution in [0.5, 0.6) is 0 Å². The molecule has 1 aromatic carbocycles. The first kappa shape index (κ1) is 15.1. The van der Waals surface area contributed by atoms with E-state index in [1.54, 1.807) is 32.0 Å². The topological polar surface area (TPSA) is 66.4 Å². The highest BCUT2D eigenvalue weighted by molar-refractivity contribution is 5.84. The van der Waals surface area contributed by atoms with Crippen LogP contribution in [0.1, 0.15) is 32.4 Å². The van der Waals surface area contributed by atoms with Gasteiger partial charge in [0, 0.05) is 11.5 Å². The molecule has 3 atom stereocenters. The van der Waals surface area contributed by atoms with Crippen LogP contribution in [0.15, 0.2) is 24.3 Å². The third-order valence-corrected chi connectivity index (χ3v) is 3.28. The smallest absolute Gasteiger partial charge is 0.307 e. The van der Waals surface area contributed by atoms with Crippen molar-refractivity contribution in [3.8, 4) is 0 Å². The van der Waals surface area contributed by atoms with Gasteiger partial charge in [0.05, 0.1) is 12.0 Å². The van der Waals surface area contributed by atoms with Crippen LogP contribution in [-0.4, -0.2) is 17.0 Å². The van der Waals surface area contributed by atoms with Crippen molar-refractivity contribution in [2.45, 2.75) is 26.8 Å². The molecule has 0 aliphatic heterocycles. The Morgan fingerprint density at radius 1 is 1.16 bits per heavy atom. The van der Waals surface area contributed by atoms with E-state index in [1.807, 2.05) is 0 Å². The Morgan fingerprint density at radius 2 is 1.74 bits per heavy atom. The molecule has 0 aliphatic carbocycles. The first-order valence-corrected chi connectivity index (χ1v) is 6.12. The number of hydrogen-bond acceptors (Lipinski definition) is 2. The number of carboxylic acid groups (broad SMARTS) is 1. The molecule has 2 unspecified atom stereocenters. The van der Waals surface area contributed by atoms with Crippen LogP contribution in [0.2, 0.25) is 0 Å². The maximum Gasteiger partial charge on any atom is 0.307 e. The third kappa shape index (κ3) is 3.77. The molecular formula is C14H18FNO3. The lowest BCUT2D eigenvalue weighted by Gasteiger charge is -2.20. The van der Waals surface area contributed by atoms with Crippen molar-refractivity contribution in [3.05, 3.63) is 35.6 Å². The predicted molar refractivity (Wildman–Crippen MR) is 68.9 cm³/mol. The minimum atomic E-state index is -1.03. The number of aliphatic carboxylic acids is 1. The minimum absolute atomic E-state index is 0.381. The lowest BCUT2D eigenvalue weighted by Crippen LogP contribution is -2.36. The average molecular weight is 267 g/mol. The van der Waals surface area contributed by atoms with E-state index in [1.165, 1.54) is 13.0 Å². The maximum absolute atomic E-state index is 13.5. The van der Waals surface area contributed by atoms with Crippen LogP contribution in [0.3, 0.4) is 0 Å². The third-order valence-electron chi connectivity index (χ3n) is 3.28. The zero-order valence-corrected chi connectivity index (χ0v) is 11.2. The van der Waals surface area contributed by atoms with Gasteiger partial charge >= 0.3 is 5.97 Å². The summed E-state index contributed by atoms with van der Waals surface area (Å²) in [5, 5.41) is 11.5. The number of amides is 1. The summed E-state index contributed by atoms with van der Waals surface area (Å²) in [5.74, 6) is -3.28. The fraction of sp³-hybridized carbons (Fsp3) is 0.429. The largest absolute Gasteiger partial charge is 0.481 e. The molecule has 0 aromatic heterocycles. The quantitative estimate of drug-likeness (QED) is 0.860. The van der Waals surface area contributed by atoms with Crippen LogP contribution in [-0.2, 0) is 9.59 Å². The van der Waals surface area contributed by atoms with E-state index in [2.05, 4.69) is 5.32 Å². The summed E-state index contributed by atoms with van der Waals surface area (Å²) in [6.07, 6.45) is 0. The van der Waals surface area contributed by atoms with Gasteiger partial charge in [0.25, 0.3) is 0 Å². The lowest BCUT2D eigenvalue weighted by atomic mass is 9.94. The van der Waals surface area contributed by atoms with Crippen LogP contribution in [0, 0.1) is 17.7 Å². The van der Waals surface area contributed by atoms with Crippen molar-refractivity contribution in [2.75, 3.05) is 0 Å². The van der Waals surface area contributed by atoms with Crippen LogP contribution in [0.4, 0.5) is 4.39 Å². The van der Waals surface area contributed by atoms with Crippen LogP contribution >= 0.6 is 0 Å². The number of carbonyl (C=O) groups excluding carboxylic acids is 1. The number of rotatable bonds is 5. The Balaban J connectivity index is 2.72. The molecule has 0 fully saturated rings. The van der Waals surface area contributed by atoms with Gasteiger partial charge in [-0.15, -0.1) is 0 Å². The summed E-state index contributed by atoms with van der Waals surface area (Å²) in [7, 11) is 0. The maximum atomic E-state index is 13.5. The Labute approximate surface area is 111 Å². The fourth-order valence-corrected chi connectivity index (χ4v) is 1.69. The van der Waals surface area contributed by atoms with Gasteiger partial charge in [-0.05, 0) is 13.0 Å². The molecule has 5 heteroatoms. The van der Waals surface area contributed by atoms with E-state index in [0.29, 0.717) is 5.56 Å². The standard InChI is InChI=1S/C14H18FNO3/c1-8(9(2)14(18)19)13(17)16-10(3)11-6-4-5-7-12(11)15/h4-10H,1-3H3,(H,16,17)(H,18,19)/t8?,9?,10-/m0/s1. The number of carboxylic acids is 1. The molecular weight excluding hydrogens is 249 g/mol. The number of nitrogens with one attached hydrogen (secondary N) is 1. The average Bonchev–Trinajstić information content (AvgIpc) is 2.37. The van der Waals surface area contributed by atoms with Crippen molar-refractivity contribution in [1.82, 2.24) is 5.32 Å². The summed E-state index contributed by atoms with van der Waals surface area (Å²) in [6, 6.07) is 5.66. The Bertz CT molecular complexity index is 476. The van der Waals surface area contributed by atoms with Crippen LogP contribution in [0.25, 0.3) is 0 Å². The highest BCUT2D eigenvalue weighted by atomic mass is 19.1. The monoisotopic (exact) mass is 267 g/mol. The molecule has 0 radical (unpaired) electrons. The van der Waals surface area contributed by atoms with Gasteiger partial charge in [0.2, 0.25) is 5.91 Å². The molecule has 0 saturated carbocycles. The number of carbonyl (C=O) groups is 2. The van der Waals surface area contributed by atoms with Gasteiger partial charge < -0.3 is 10.4 Å². The number of halogens is 1. The van der Waals surface area contributed by atoms with E-state index in [0.717, 1.165) is 0 Å². The van der Waals surface area contributed by atoms with Gasteiger partial charge in [-0.3, -0.25) is 9.59 Å². The van der Waals surface area contributed by atoms with E-state index in [9.17, 15) is 14.0 Å². The molecule has 0 saturated heterocycles. The van der Waals surface area contributed by atoms with Gasteiger partial charge in [-0.2, -0.15) is 0 Å². The fourth-order valence-electron chi connectivity index (χ4n) is 1.69.